The molecule has 4 nitrogen and oxygen atoms in total. The standard InChI is InChI=1S/C15H24ClN3O/c1-15(2,10-17)11-19(3)9-14(20)18-8-12-4-6-13(16)7-5-12/h4-7H,8-11,17H2,1-3H3,(H,18,20). The predicted octanol–water partition coefficient (Wildman–Crippen LogP) is 1.87. The van der Waals surface area contributed by atoms with E-state index in [2.05, 4.69) is 19.2 Å². The molecule has 0 fully saturated rings. The fraction of sp³-hybridized carbons (Fsp3) is 0.533. The molecule has 1 amide bonds. The molecule has 1 aromatic carbocycles. The lowest BCUT2D eigenvalue weighted by Gasteiger charge is -2.28. The topological polar surface area (TPSA) is 58.4 Å². The van der Waals surface area contributed by atoms with E-state index >= 15 is 0 Å². The number of hydrogen-bond acceptors (Lipinski definition) is 3. The van der Waals surface area contributed by atoms with E-state index in [0.717, 1.165) is 12.1 Å². The third-order valence-electron chi connectivity index (χ3n) is 3.07. The highest BCUT2D eigenvalue weighted by Crippen LogP contribution is 2.13. The van der Waals surface area contributed by atoms with E-state index in [0.29, 0.717) is 24.7 Å². The van der Waals surface area contributed by atoms with Crippen LogP contribution in [-0.2, 0) is 11.3 Å². The minimum Gasteiger partial charge on any atom is -0.351 e. The lowest BCUT2D eigenvalue weighted by atomic mass is 9.93. The number of nitrogens with two attached hydrogens (primary N) is 1. The van der Waals surface area contributed by atoms with E-state index in [4.69, 9.17) is 17.3 Å². The Balaban J connectivity index is 2.34. The van der Waals surface area contributed by atoms with Crippen molar-refractivity contribution in [1.29, 1.82) is 0 Å². The first-order chi connectivity index (χ1) is 9.32. The summed E-state index contributed by atoms with van der Waals surface area (Å²) in [5.74, 6) is 0.00951. The van der Waals surface area contributed by atoms with Crippen LogP contribution in [0.2, 0.25) is 5.02 Å². The van der Waals surface area contributed by atoms with Crippen LogP contribution in [0.5, 0.6) is 0 Å². The molecule has 0 aliphatic heterocycles. The van der Waals surface area contributed by atoms with Crippen molar-refractivity contribution < 1.29 is 4.79 Å². The van der Waals surface area contributed by atoms with Crippen LogP contribution in [0, 0.1) is 5.41 Å². The zero-order valence-corrected chi connectivity index (χ0v) is 13.2. The molecular formula is C15H24ClN3O. The van der Waals surface area contributed by atoms with Crippen LogP contribution in [0.1, 0.15) is 19.4 Å². The number of likely N-dealkylation sites (N-methyl/N-ethyl adjacent to an activating group) is 1. The number of hydrogen-bond donors (Lipinski definition) is 2. The van der Waals surface area contributed by atoms with Crippen LogP contribution in [0.15, 0.2) is 24.3 Å². The van der Waals surface area contributed by atoms with Gasteiger partial charge in [0, 0.05) is 18.1 Å². The molecule has 20 heavy (non-hydrogen) atoms. The van der Waals surface area contributed by atoms with Crippen molar-refractivity contribution in [3.63, 3.8) is 0 Å². The Morgan fingerprint density at radius 3 is 2.50 bits per heavy atom. The molecule has 0 saturated carbocycles. The number of nitrogens with one attached hydrogen (secondary N) is 1. The molecule has 1 rings (SSSR count). The number of amides is 1. The van der Waals surface area contributed by atoms with Crippen molar-refractivity contribution >= 4 is 17.5 Å². The van der Waals surface area contributed by atoms with Crippen molar-refractivity contribution in [3.8, 4) is 0 Å². The summed E-state index contributed by atoms with van der Waals surface area (Å²) in [4.78, 5) is 13.8. The van der Waals surface area contributed by atoms with E-state index in [1.807, 2.05) is 36.2 Å². The normalized spacial score (nSPS) is 11.7. The van der Waals surface area contributed by atoms with Gasteiger partial charge in [0.25, 0.3) is 0 Å². The Morgan fingerprint density at radius 1 is 1.35 bits per heavy atom. The maximum Gasteiger partial charge on any atom is 0.234 e. The minimum absolute atomic E-state index is 0.00951. The average molecular weight is 298 g/mol. The van der Waals surface area contributed by atoms with Crippen molar-refractivity contribution in [3.05, 3.63) is 34.9 Å². The quantitative estimate of drug-likeness (QED) is 0.808. The average Bonchev–Trinajstić information content (AvgIpc) is 2.37. The lowest BCUT2D eigenvalue weighted by molar-refractivity contribution is -0.122. The van der Waals surface area contributed by atoms with Crippen LogP contribution >= 0.6 is 11.6 Å². The molecule has 0 heterocycles. The molecule has 3 N–H and O–H groups in total. The maximum atomic E-state index is 11.9. The third kappa shape index (κ3) is 6.37. The molecule has 0 spiro atoms. The zero-order chi connectivity index (χ0) is 15.2. The highest BCUT2D eigenvalue weighted by Gasteiger charge is 2.19. The molecule has 0 unspecified atom stereocenters. The summed E-state index contributed by atoms with van der Waals surface area (Å²) in [5.41, 5.74) is 6.75. The van der Waals surface area contributed by atoms with Gasteiger partial charge in [0.2, 0.25) is 5.91 Å². The van der Waals surface area contributed by atoms with E-state index in [1.165, 1.54) is 0 Å². The SMILES string of the molecule is CN(CC(=O)NCc1ccc(Cl)cc1)CC(C)(C)CN. The van der Waals surface area contributed by atoms with Gasteiger partial charge in [0.05, 0.1) is 6.54 Å². The summed E-state index contributed by atoms with van der Waals surface area (Å²) in [7, 11) is 1.93. The Kier molecular flexibility index (Phi) is 6.46. The number of carbonyl (C=O) groups is 1. The van der Waals surface area contributed by atoms with Gasteiger partial charge in [-0.3, -0.25) is 9.69 Å². The molecular weight excluding hydrogens is 274 g/mol. The molecule has 0 radical (unpaired) electrons. The van der Waals surface area contributed by atoms with Gasteiger partial charge in [-0.2, -0.15) is 0 Å². The van der Waals surface area contributed by atoms with Gasteiger partial charge in [-0.1, -0.05) is 37.6 Å². The fourth-order valence-corrected chi connectivity index (χ4v) is 2.08. The molecule has 0 atom stereocenters. The van der Waals surface area contributed by atoms with Crippen molar-refractivity contribution in [2.24, 2.45) is 11.1 Å². The number of carbonyl (C=O) groups excluding carboxylic acids is 1. The Morgan fingerprint density at radius 2 is 1.95 bits per heavy atom. The van der Waals surface area contributed by atoms with Gasteiger partial charge < -0.3 is 11.1 Å². The summed E-state index contributed by atoms with van der Waals surface area (Å²) in [6.45, 7) is 6.47. The Labute approximate surface area is 126 Å². The smallest absolute Gasteiger partial charge is 0.234 e. The molecule has 0 aliphatic rings. The molecule has 0 aromatic heterocycles. The van der Waals surface area contributed by atoms with Crippen LogP contribution in [-0.4, -0.2) is 37.5 Å². The first-order valence-electron chi connectivity index (χ1n) is 6.72. The van der Waals surface area contributed by atoms with Crippen molar-refractivity contribution in [1.82, 2.24) is 10.2 Å². The molecule has 112 valence electrons. The largest absolute Gasteiger partial charge is 0.351 e. The second-order valence-electron chi connectivity index (χ2n) is 5.94. The number of nitrogens with zero attached hydrogens (tertiary/aromatic N) is 1. The minimum atomic E-state index is 0.00951. The molecule has 1 aromatic rings. The van der Waals surface area contributed by atoms with Gasteiger partial charge in [0.15, 0.2) is 0 Å². The summed E-state index contributed by atoms with van der Waals surface area (Å²) in [5, 5.41) is 3.60. The highest BCUT2D eigenvalue weighted by atomic mass is 35.5. The fourth-order valence-electron chi connectivity index (χ4n) is 1.96. The first kappa shape index (κ1) is 17.0. The molecule has 5 heteroatoms. The van der Waals surface area contributed by atoms with Crippen LogP contribution in [0.25, 0.3) is 0 Å². The summed E-state index contributed by atoms with van der Waals surface area (Å²) < 4.78 is 0. The van der Waals surface area contributed by atoms with E-state index in [9.17, 15) is 4.79 Å². The number of halogens is 1. The van der Waals surface area contributed by atoms with Gasteiger partial charge in [-0.05, 0) is 36.7 Å². The summed E-state index contributed by atoms with van der Waals surface area (Å²) in [6.07, 6.45) is 0. The Hall–Kier alpha value is -1.10. The second-order valence-corrected chi connectivity index (χ2v) is 6.38. The molecule has 0 aliphatic carbocycles. The molecule has 0 saturated heterocycles. The van der Waals surface area contributed by atoms with Gasteiger partial charge >= 0.3 is 0 Å². The monoisotopic (exact) mass is 297 g/mol. The number of benzene rings is 1. The van der Waals surface area contributed by atoms with Crippen LogP contribution in [0.4, 0.5) is 0 Å². The summed E-state index contributed by atoms with van der Waals surface area (Å²) in [6, 6.07) is 7.45. The first-order valence-corrected chi connectivity index (χ1v) is 7.10. The van der Waals surface area contributed by atoms with Gasteiger partial charge in [0.1, 0.15) is 0 Å². The van der Waals surface area contributed by atoms with Gasteiger partial charge in [-0.15, -0.1) is 0 Å². The zero-order valence-electron chi connectivity index (χ0n) is 12.4. The third-order valence-corrected chi connectivity index (χ3v) is 3.32. The molecule has 0 bridgehead atoms. The van der Waals surface area contributed by atoms with E-state index in [1.54, 1.807) is 0 Å². The lowest BCUT2D eigenvalue weighted by Crippen LogP contribution is -2.41. The van der Waals surface area contributed by atoms with Crippen LogP contribution < -0.4 is 11.1 Å². The van der Waals surface area contributed by atoms with Gasteiger partial charge in [-0.25, -0.2) is 0 Å². The van der Waals surface area contributed by atoms with E-state index in [-0.39, 0.29) is 11.3 Å². The van der Waals surface area contributed by atoms with E-state index < -0.39 is 0 Å². The number of rotatable bonds is 7. The van der Waals surface area contributed by atoms with Crippen molar-refractivity contribution in [2.75, 3.05) is 26.7 Å². The van der Waals surface area contributed by atoms with Crippen molar-refractivity contribution in [2.45, 2.75) is 20.4 Å². The maximum absolute atomic E-state index is 11.9. The predicted molar refractivity (Wildman–Crippen MR) is 83.6 cm³/mol. The second kappa shape index (κ2) is 7.62. The summed E-state index contributed by atoms with van der Waals surface area (Å²) >= 11 is 5.81. The van der Waals surface area contributed by atoms with Crippen LogP contribution in [0.3, 0.4) is 0 Å². The Bertz CT molecular complexity index is 431. The highest BCUT2D eigenvalue weighted by molar-refractivity contribution is 6.30.